The molecule has 0 bridgehead atoms. The summed E-state index contributed by atoms with van der Waals surface area (Å²) in [6.45, 7) is 2.85. The van der Waals surface area contributed by atoms with Crippen LogP contribution in [0.5, 0.6) is 17.2 Å². The van der Waals surface area contributed by atoms with E-state index in [-0.39, 0.29) is 11.5 Å². The number of hydrogen-bond acceptors (Lipinski definition) is 5. The molecule has 0 unspecified atom stereocenters. The molecule has 1 aliphatic heterocycles. The van der Waals surface area contributed by atoms with Gasteiger partial charge in [-0.2, -0.15) is 0 Å². The first kappa shape index (κ1) is 19.6. The molecule has 4 rings (SSSR count). The highest BCUT2D eigenvalue weighted by atomic mass is 16.6. The maximum atomic E-state index is 12.8. The van der Waals surface area contributed by atoms with E-state index in [1.54, 1.807) is 45.5 Å². The van der Waals surface area contributed by atoms with E-state index in [2.05, 4.69) is 11.5 Å². The average molecular weight is 406 g/mol. The van der Waals surface area contributed by atoms with Crippen molar-refractivity contribution in [2.75, 3.05) is 21.2 Å². The zero-order chi connectivity index (χ0) is 21.4. The number of nitrogens with zero attached hydrogens (tertiary/aromatic N) is 2. The summed E-state index contributed by atoms with van der Waals surface area (Å²) in [7, 11) is 4.81. The molecule has 2 aromatic carbocycles. The van der Waals surface area contributed by atoms with Crippen LogP contribution in [0.3, 0.4) is 0 Å². The molecule has 7 nitrogen and oxygen atoms in total. The molecule has 1 aliphatic rings. The van der Waals surface area contributed by atoms with Gasteiger partial charge in [0, 0.05) is 49.4 Å². The van der Waals surface area contributed by atoms with Crippen LogP contribution in [-0.4, -0.2) is 42.5 Å². The Morgan fingerprint density at radius 3 is 2.63 bits per heavy atom. The SMILES string of the molecule is CCn1cc(/C=C2/Oc3cc(OC(=O)N(C)C)ccc3C2=O)c2cc(OC)ccc21. The number of carbonyl (C=O) groups is 2. The molecule has 1 amide bonds. The largest absolute Gasteiger partial charge is 0.497 e. The van der Waals surface area contributed by atoms with E-state index >= 15 is 0 Å². The van der Waals surface area contributed by atoms with E-state index in [0.717, 1.165) is 28.8 Å². The maximum absolute atomic E-state index is 12.8. The lowest BCUT2D eigenvalue weighted by molar-refractivity contribution is 0.101. The first-order valence-corrected chi connectivity index (χ1v) is 9.55. The molecule has 0 N–H and O–H groups in total. The van der Waals surface area contributed by atoms with Gasteiger partial charge in [0.15, 0.2) is 5.76 Å². The van der Waals surface area contributed by atoms with Crippen molar-refractivity contribution in [3.8, 4) is 17.2 Å². The molecule has 30 heavy (non-hydrogen) atoms. The Balaban J connectivity index is 1.69. The van der Waals surface area contributed by atoms with Gasteiger partial charge in [-0.05, 0) is 43.3 Å². The molecule has 2 heterocycles. The van der Waals surface area contributed by atoms with Gasteiger partial charge in [-0.3, -0.25) is 4.79 Å². The van der Waals surface area contributed by atoms with Gasteiger partial charge in [-0.1, -0.05) is 0 Å². The number of Topliss-reactive ketones (excluding diaryl/α,β-unsaturated/α-hetero) is 1. The number of hydrogen-bond donors (Lipinski definition) is 0. The van der Waals surface area contributed by atoms with Crippen LogP contribution in [0.25, 0.3) is 17.0 Å². The minimum Gasteiger partial charge on any atom is -0.497 e. The molecule has 0 saturated heterocycles. The highest BCUT2D eigenvalue weighted by Crippen LogP contribution is 2.36. The Hall–Kier alpha value is -3.74. The quantitative estimate of drug-likeness (QED) is 0.603. The van der Waals surface area contributed by atoms with Gasteiger partial charge >= 0.3 is 6.09 Å². The Morgan fingerprint density at radius 1 is 1.17 bits per heavy atom. The molecule has 3 aromatic rings. The number of amides is 1. The van der Waals surface area contributed by atoms with Gasteiger partial charge in [0.2, 0.25) is 5.78 Å². The molecule has 0 saturated carbocycles. The maximum Gasteiger partial charge on any atom is 0.414 e. The third-order valence-electron chi connectivity index (χ3n) is 4.96. The Labute approximate surface area is 174 Å². The van der Waals surface area contributed by atoms with Crippen molar-refractivity contribution in [3.05, 3.63) is 59.5 Å². The van der Waals surface area contributed by atoms with Gasteiger partial charge in [0.05, 0.1) is 12.7 Å². The van der Waals surface area contributed by atoms with Gasteiger partial charge in [0.25, 0.3) is 0 Å². The fourth-order valence-electron chi connectivity index (χ4n) is 3.37. The molecule has 1 aromatic heterocycles. The number of ether oxygens (including phenoxy) is 3. The number of rotatable bonds is 4. The third kappa shape index (κ3) is 3.39. The highest BCUT2D eigenvalue weighted by molar-refractivity contribution is 6.15. The Kier molecular flexibility index (Phi) is 4.95. The number of ketones is 1. The van der Waals surface area contributed by atoms with Gasteiger partial charge in [-0.25, -0.2) is 4.79 Å². The van der Waals surface area contributed by atoms with Gasteiger partial charge in [-0.15, -0.1) is 0 Å². The summed E-state index contributed by atoms with van der Waals surface area (Å²) in [5.41, 5.74) is 2.34. The summed E-state index contributed by atoms with van der Waals surface area (Å²) in [5.74, 6) is 1.43. The second kappa shape index (κ2) is 7.59. The average Bonchev–Trinajstić information content (AvgIpc) is 3.24. The summed E-state index contributed by atoms with van der Waals surface area (Å²) in [5, 5.41) is 0.969. The van der Waals surface area contributed by atoms with E-state index in [0.29, 0.717) is 17.1 Å². The molecule has 7 heteroatoms. The van der Waals surface area contributed by atoms with Crippen LogP contribution < -0.4 is 14.2 Å². The van der Waals surface area contributed by atoms with Crippen LogP contribution in [0.15, 0.2) is 48.4 Å². The normalized spacial score (nSPS) is 14.0. The lowest BCUT2D eigenvalue weighted by Crippen LogP contribution is -2.25. The number of allylic oxidation sites excluding steroid dienone is 1. The van der Waals surface area contributed by atoms with E-state index in [9.17, 15) is 9.59 Å². The number of aromatic nitrogens is 1. The smallest absolute Gasteiger partial charge is 0.414 e. The second-order valence-corrected chi connectivity index (χ2v) is 7.11. The number of benzene rings is 2. The molecule has 154 valence electrons. The minimum absolute atomic E-state index is 0.212. The summed E-state index contributed by atoms with van der Waals surface area (Å²) < 4.78 is 18.5. The molecular formula is C23H22N2O5. The first-order valence-electron chi connectivity index (χ1n) is 9.55. The topological polar surface area (TPSA) is 70.0 Å². The van der Waals surface area contributed by atoms with Crippen LogP contribution in [0.4, 0.5) is 4.79 Å². The van der Waals surface area contributed by atoms with E-state index in [1.807, 2.05) is 24.4 Å². The van der Waals surface area contributed by atoms with Crippen molar-refractivity contribution in [1.82, 2.24) is 9.47 Å². The van der Waals surface area contributed by atoms with Crippen molar-refractivity contribution < 1.29 is 23.8 Å². The lowest BCUT2D eigenvalue weighted by atomic mass is 10.1. The van der Waals surface area contributed by atoms with Crippen LogP contribution in [0.1, 0.15) is 22.8 Å². The molecule has 0 fully saturated rings. The third-order valence-corrected chi connectivity index (χ3v) is 4.96. The predicted octanol–water partition coefficient (Wildman–Crippen LogP) is 4.35. The predicted molar refractivity (Wildman–Crippen MR) is 113 cm³/mol. The molecule has 0 atom stereocenters. The number of aryl methyl sites for hydroxylation is 1. The van der Waals surface area contributed by atoms with Crippen LogP contribution in [0.2, 0.25) is 0 Å². The van der Waals surface area contributed by atoms with Crippen molar-refractivity contribution in [3.63, 3.8) is 0 Å². The monoisotopic (exact) mass is 406 g/mol. The number of fused-ring (bicyclic) bond motifs is 2. The molecule has 0 radical (unpaired) electrons. The van der Waals surface area contributed by atoms with Gasteiger partial charge in [0.1, 0.15) is 17.2 Å². The van der Waals surface area contributed by atoms with E-state index in [4.69, 9.17) is 14.2 Å². The summed E-state index contributed by atoms with van der Waals surface area (Å²) in [6, 6.07) is 10.6. The summed E-state index contributed by atoms with van der Waals surface area (Å²) in [6.07, 6.45) is 3.22. The molecule has 0 spiro atoms. The van der Waals surface area contributed by atoms with Crippen molar-refractivity contribution in [2.45, 2.75) is 13.5 Å². The second-order valence-electron chi connectivity index (χ2n) is 7.11. The molecule has 0 aliphatic carbocycles. The van der Waals surface area contributed by atoms with E-state index in [1.165, 1.54) is 4.90 Å². The van der Waals surface area contributed by atoms with Crippen LogP contribution >= 0.6 is 0 Å². The minimum atomic E-state index is -0.503. The Morgan fingerprint density at radius 2 is 1.93 bits per heavy atom. The zero-order valence-electron chi connectivity index (χ0n) is 17.3. The fraction of sp³-hybridized carbons (Fsp3) is 0.217. The van der Waals surface area contributed by atoms with Crippen LogP contribution in [0, 0.1) is 0 Å². The molecular weight excluding hydrogens is 384 g/mol. The first-order chi connectivity index (χ1) is 14.4. The van der Waals surface area contributed by atoms with Crippen molar-refractivity contribution in [1.29, 1.82) is 0 Å². The standard InChI is InChI=1S/C23H22N2O5/c1-5-25-13-14(18-11-15(28-4)7-9-19(18)25)10-21-22(26)17-8-6-16(12-20(17)30-21)29-23(27)24(2)3/h6-13H,5H2,1-4H3/b21-10+. The highest BCUT2D eigenvalue weighted by Gasteiger charge is 2.28. The van der Waals surface area contributed by atoms with Crippen molar-refractivity contribution in [2.24, 2.45) is 0 Å². The lowest BCUT2D eigenvalue weighted by Gasteiger charge is -2.10. The summed E-state index contributed by atoms with van der Waals surface area (Å²) in [4.78, 5) is 25.9. The Bertz CT molecular complexity index is 1190. The number of methoxy groups -OCH3 is 1. The fourth-order valence-corrected chi connectivity index (χ4v) is 3.37. The summed E-state index contributed by atoms with van der Waals surface area (Å²) >= 11 is 0. The van der Waals surface area contributed by atoms with Gasteiger partial charge < -0.3 is 23.7 Å². The zero-order valence-corrected chi connectivity index (χ0v) is 17.3. The van der Waals surface area contributed by atoms with E-state index < -0.39 is 6.09 Å². The van der Waals surface area contributed by atoms with Crippen molar-refractivity contribution >= 4 is 28.9 Å². The van der Waals surface area contributed by atoms with Crippen LogP contribution in [-0.2, 0) is 6.54 Å². The number of carbonyl (C=O) groups excluding carboxylic acids is 2.